The average Bonchev–Trinajstić information content (AvgIpc) is 1.67. The van der Waals surface area contributed by atoms with Gasteiger partial charge in [-0.2, -0.15) is 0 Å². The van der Waals surface area contributed by atoms with Crippen LogP contribution in [0.1, 0.15) is 6.42 Å². The Morgan fingerprint density at radius 3 is 2.12 bits per heavy atom. The van der Waals surface area contributed by atoms with Gasteiger partial charge in [0.15, 0.2) is 0 Å². The van der Waals surface area contributed by atoms with E-state index >= 15 is 0 Å². The molecule has 0 spiro atoms. The highest BCUT2D eigenvalue weighted by atomic mass is 16.8. The molecule has 0 amide bonds. The molecule has 0 fully saturated rings. The van der Waals surface area contributed by atoms with Crippen LogP contribution in [0.5, 0.6) is 0 Å². The van der Waals surface area contributed by atoms with Crippen molar-refractivity contribution in [2.45, 2.75) is 12.4 Å². The lowest BCUT2D eigenvalue weighted by atomic mass is 10.4. The van der Waals surface area contributed by atoms with Crippen LogP contribution in [-0.4, -0.2) is 35.0 Å². The van der Waals surface area contributed by atoms with Crippen LogP contribution in [0.3, 0.4) is 0 Å². The maximum Gasteiger partial charge on any atom is 0.279 e. The molecule has 0 aromatic carbocycles. The summed E-state index contributed by atoms with van der Waals surface area (Å²) < 4.78 is 4.13. The SMILES string of the molecule is COC(O)(O)CCO. The summed E-state index contributed by atoms with van der Waals surface area (Å²) >= 11 is 0. The van der Waals surface area contributed by atoms with Crippen molar-refractivity contribution in [1.29, 1.82) is 0 Å². The summed E-state index contributed by atoms with van der Waals surface area (Å²) in [4.78, 5) is 0. The minimum Gasteiger partial charge on any atom is -0.396 e. The Morgan fingerprint density at radius 1 is 1.50 bits per heavy atom. The van der Waals surface area contributed by atoms with Gasteiger partial charge in [-0.3, -0.25) is 0 Å². The second kappa shape index (κ2) is 2.99. The molecule has 0 saturated carbocycles. The first kappa shape index (κ1) is 7.84. The summed E-state index contributed by atoms with van der Waals surface area (Å²) in [6, 6.07) is 0. The van der Waals surface area contributed by atoms with Gasteiger partial charge in [-0.25, -0.2) is 0 Å². The molecule has 50 valence electrons. The highest BCUT2D eigenvalue weighted by Crippen LogP contribution is 2.03. The van der Waals surface area contributed by atoms with Gasteiger partial charge < -0.3 is 20.1 Å². The minimum atomic E-state index is -2.16. The molecule has 3 N–H and O–H groups in total. The molecule has 4 heteroatoms. The van der Waals surface area contributed by atoms with Crippen LogP contribution in [0.25, 0.3) is 0 Å². The predicted octanol–water partition coefficient (Wildman–Crippen LogP) is -1.35. The van der Waals surface area contributed by atoms with Crippen molar-refractivity contribution in [2.24, 2.45) is 0 Å². The quantitative estimate of drug-likeness (QED) is 0.405. The number of rotatable bonds is 3. The fourth-order valence-electron chi connectivity index (χ4n) is 0.248. The van der Waals surface area contributed by atoms with E-state index in [0.717, 1.165) is 7.11 Å². The van der Waals surface area contributed by atoms with E-state index in [9.17, 15) is 0 Å². The molecule has 0 aliphatic rings. The van der Waals surface area contributed by atoms with E-state index in [1.54, 1.807) is 0 Å². The zero-order chi connectivity index (χ0) is 6.62. The summed E-state index contributed by atoms with van der Waals surface area (Å²) in [6.45, 7) is -0.305. The Kier molecular flexibility index (Phi) is 2.93. The Balaban J connectivity index is 3.37. The Morgan fingerprint density at radius 2 is 2.00 bits per heavy atom. The number of methoxy groups -OCH3 is 1. The van der Waals surface area contributed by atoms with E-state index in [4.69, 9.17) is 15.3 Å². The molecule has 0 bridgehead atoms. The van der Waals surface area contributed by atoms with Crippen LogP contribution in [0.2, 0.25) is 0 Å². The lowest BCUT2D eigenvalue weighted by molar-refractivity contribution is -0.331. The number of ether oxygens (including phenoxy) is 1. The number of hydrogen-bond acceptors (Lipinski definition) is 4. The first-order chi connectivity index (χ1) is 3.62. The molecule has 0 aromatic heterocycles. The zero-order valence-electron chi connectivity index (χ0n) is 4.66. The van der Waals surface area contributed by atoms with Gasteiger partial charge in [0.05, 0.1) is 13.0 Å². The standard InChI is InChI=1S/C4H10O4/c1-8-4(6,7)2-3-5/h5-7H,2-3H2,1H3. The molecule has 4 nitrogen and oxygen atoms in total. The molecule has 0 unspecified atom stereocenters. The fourth-order valence-corrected chi connectivity index (χ4v) is 0.248. The van der Waals surface area contributed by atoms with Crippen LogP contribution in [0.15, 0.2) is 0 Å². The Hall–Kier alpha value is -0.160. The van der Waals surface area contributed by atoms with Gasteiger partial charge in [0.2, 0.25) is 0 Å². The molecule has 0 aliphatic carbocycles. The van der Waals surface area contributed by atoms with Crippen LogP contribution in [-0.2, 0) is 4.74 Å². The van der Waals surface area contributed by atoms with Crippen molar-refractivity contribution in [3.8, 4) is 0 Å². The molecule has 8 heavy (non-hydrogen) atoms. The molecule has 0 radical (unpaired) electrons. The van der Waals surface area contributed by atoms with Gasteiger partial charge in [-0.1, -0.05) is 0 Å². The van der Waals surface area contributed by atoms with Crippen molar-refractivity contribution in [1.82, 2.24) is 0 Å². The van der Waals surface area contributed by atoms with Crippen LogP contribution in [0.4, 0.5) is 0 Å². The van der Waals surface area contributed by atoms with Crippen molar-refractivity contribution in [3.63, 3.8) is 0 Å². The van der Waals surface area contributed by atoms with E-state index in [1.807, 2.05) is 0 Å². The van der Waals surface area contributed by atoms with E-state index in [-0.39, 0.29) is 13.0 Å². The highest BCUT2D eigenvalue weighted by Gasteiger charge is 2.19. The van der Waals surface area contributed by atoms with Crippen molar-refractivity contribution >= 4 is 0 Å². The van der Waals surface area contributed by atoms with Gasteiger partial charge in [0, 0.05) is 7.11 Å². The van der Waals surface area contributed by atoms with Crippen molar-refractivity contribution in [2.75, 3.05) is 13.7 Å². The van der Waals surface area contributed by atoms with Gasteiger partial charge in [0.25, 0.3) is 5.97 Å². The summed E-state index contributed by atoms with van der Waals surface area (Å²) in [6.07, 6.45) is -0.191. The first-order valence-electron chi connectivity index (χ1n) is 2.23. The van der Waals surface area contributed by atoms with Gasteiger partial charge in [0.1, 0.15) is 0 Å². The Labute approximate surface area is 47.3 Å². The second-order valence-electron chi connectivity index (χ2n) is 1.42. The number of hydrogen-bond donors (Lipinski definition) is 3. The first-order valence-corrected chi connectivity index (χ1v) is 2.23. The molecule has 0 heterocycles. The monoisotopic (exact) mass is 122 g/mol. The summed E-state index contributed by atoms with van der Waals surface area (Å²) in [5, 5.41) is 25.1. The van der Waals surface area contributed by atoms with Gasteiger partial charge >= 0.3 is 0 Å². The third-order valence-corrected chi connectivity index (χ3v) is 0.764. The third kappa shape index (κ3) is 2.92. The predicted molar refractivity (Wildman–Crippen MR) is 25.9 cm³/mol. The van der Waals surface area contributed by atoms with Crippen molar-refractivity contribution < 1.29 is 20.1 Å². The molecule has 0 saturated heterocycles. The summed E-state index contributed by atoms with van der Waals surface area (Å²) in [5.41, 5.74) is 0. The van der Waals surface area contributed by atoms with E-state index in [2.05, 4.69) is 4.74 Å². The van der Waals surface area contributed by atoms with E-state index in [0.29, 0.717) is 0 Å². The van der Waals surface area contributed by atoms with Gasteiger partial charge in [-0.15, -0.1) is 0 Å². The molecule has 0 aromatic rings. The molecular weight excluding hydrogens is 112 g/mol. The normalized spacial score (nSPS) is 12.0. The topological polar surface area (TPSA) is 69.9 Å². The third-order valence-electron chi connectivity index (χ3n) is 0.764. The average molecular weight is 122 g/mol. The van der Waals surface area contributed by atoms with Crippen LogP contribution >= 0.6 is 0 Å². The van der Waals surface area contributed by atoms with Crippen LogP contribution < -0.4 is 0 Å². The minimum absolute atomic E-state index is 0.191. The molecular formula is C4H10O4. The number of aliphatic hydroxyl groups excluding tert-OH is 1. The largest absolute Gasteiger partial charge is 0.396 e. The maximum absolute atomic E-state index is 8.50. The van der Waals surface area contributed by atoms with Crippen molar-refractivity contribution in [3.05, 3.63) is 0 Å². The highest BCUT2D eigenvalue weighted by molar-refractivity contribution is 4.45. The van der Waals surface area contributed by atoms with E-state index < -0.39 is 5.97 Å². The zero-order valence-corrected chi connectivity index (χ0v) is 4.66. The lowest BCUT2D eigenvalue weighted by Crippen LogP contribution is -2.31. The lowest BCUT2D eigenvalue weighted by Gasteiger charge is -2.16. The Bertz CT molecular complexity index is 61.1. The van der Waals surface area contributed by atoms with Gasteiger partial charge in [-0.05, 0) is 0 Å². The van der Waals surface area contributed by atoms with E-state index in [1.165, 1.54) is 0 Å². The summed E-state index contributed by atoms with van der Waals surface area (Å²) in [7, 11) is 1.15. The molecule has 0 aliphatic heterocycles. The smallest absolute Gasteiger partial charge is 0.279 e. The number of aliphatic hydroxyl groups is 3. The summed E-state index contributed by atoms with van der Waals surface area (Å²) in [5.74, 6) is -2.16. The second-order valence-corrected chi connectivity index (χ2v) is 1.42. The fraction of sp³-hybridized carbons (Fsp3) is 1.00. The van der Waals surface area contributed by atoms with Crippen LogP contribution in [0, 0.1) is 0 Å². The molecule has 0 rings (SSSR count). The molecule has 0 atom stereocenters. The maximum atomic E-state index is 8.50.